The SMILES string of the molecule is Brc1cnc(NCc2sccc2Br)cn1. The molecule has 2 heterocycles. The fourth-order valence-corrected chi connectivity index (χ4v) is 2.66. The van der Waals surface area contributed by atoms with Gasteiger partial charge in [-0.05, 0) is 43.3 Å². The number of nitrogens with zero attached hydrogens (tertiary/aromatic N) is 2. The minimum absolute atomic E-state index is 0.741. The molecule has 0 aliphatic rings. The lowest BCUT2D eigenvalue weighted by molar-refractivity contribution is 1.09. The van der Waals surface area contributed by atoms with E-state index >= 15 is 0 Å². The highest BCUT2D eigenvalue weighted by Gasteiger charge is 2.01. The molecule has 0 aliphatic carbocycles. The van der Waals surface area contributed by atoms with Crippen LogP contribution >= 0.6 is 43.2 Å². The van der Waals surface area contributed by atoms with Gasteiger partial charge in [0.15, 0.2) is 0 Å². The van der Waals surface area contributed by atoms with E-state index < -0.39 is 0 Å². The second kappa shape index (κ2) is 5.05. The Kier molecular flexibility index (Phi) is 3.71. The zero-order valence-electron chi connectivity index (χ0n) is 7.58. The van der Waals surface area contributed by atoms with Crippen molar-refractivity contribution < 1.29 is 0 Å². The van der Waals surface area contributed by atoms with Gasteiger partial charge in [-0.25, -0.2) is 9.97 Å². The molecule has 2 aromatic rings. The standard InChI is InChI=1S/C9H7Br2N3S/c10-6-1-2-15-7(6)3-13-9-5-12-8(11)4-14-9/h1-2,4-5H,3H2,(H,13,14). The Morgan fingerprint density at radius 1 is 1.27 bits per heavy atom. The fourth-order valence-electron chi connectivity index (χ4n) is 1.03. The minimum Gasteiger partial charge on any atom is -0.364 e. The molecule has 0 atom stereocenters. The van der Waals surface area contributed by atoms with Gasteiger partial charge in [-0.1, -0.05) is 0 Å². The Morgan fingerprint density at radius 2 is 2.13 bits per heavy atom. The Hall–Kier alpha value is -0.460. The predicted octanol–water partition coefficient (Wildman–Crippen LogP) is 3.68. The van der Waals surface area contributed by atoms with E-state index in [-0.39, 0.29) is 0 Å². The molecule has 78 valence electrons. The van der Waals surface area contributed by atoms with E-state index in [1.165, 1.54) is 4.88 Å². The summed E-state index contributed by atoms with van der Waals surface area (Å²) in [6, 6.07) is 2.04. The van der Waals surface area contributed by atoms with Crippen LogP contribution in [0.4, 0.5) is 5.82 Å². The first kappa shape index (κ1) is 11.0. The van der Waals surface area contributed by atoms with Crippen molar-refractivity contribution in [1.82, 2.24) is 9.97 Å². The molecule has 0 amide bonds. The van der Waals surface area contributed by atoms with Crippen molar-refractivity contribution >= 4 is 49.0 Å². The Bertz CT molecular complexity index is 441. The summed E-state index contributed by atoms with van der Waals surface area (Å²) in [7, 11) is 0. The molecule has 0 saturated carbocycles. The summed E-state index contributed by atoms with van der Waals surface area (Å²) in [5.74, 6) is 0.776. The van der Waals surface area contributed by atoms with Gasteiger partial charge in [0.2, 0.25) is 0 Å². The lowest BCUT2D eigenvalue weighted by Crippen LogP contribution is -2.00. The summed E-state index contributed by atoms with van der Waals surface area (Å²) in [6.07, 6.45) is 3.37. The lowest BCUT2D eigenvalue weighted by Gasteiger charge is -2.03. The van der Waals surface area contributed by atoms with Gasteiger partial charge in [0.05, 0.1) is 18.9 Å². The largest absolute Gasteiger partial charge is 0.364 e. The van der Waals surface area contributed by atoms with E-state index in [2.05, 4.69) is 47.1 Å². The third-order valence-corrected chi connectivity index (χ3v) is 4.08. The second-order valence-electron chi connectivity index (χ2n) is 2.77. The van der Waals surface area contributed by atoms with Crippen LogP contribution in [0.15, 0.2) is 32.9 Å². The van der Waals surface area contributed by atoms with Crippen LogP contribution in [0.1, 0.15) is 4.88 Å². The zero-order valence-corrected chi connectivity index (χ0v) is 11.6. The van der Waals surface area contributed by atoms with Crippen molar-refractivity contribution in [2.24, 2.45) is 0 Å². The molecule has 0 unspecified atom stereocenters. The molecule has 2 aromatic heterocycles. The van der Waals surface area contributed by atoms with Crippen LogP contribution in [0.3, 0.4) is 0 Å². The molecule has 2 rings (SSSR count). The molecular weight excluding hydrogens is 342 g/mol. The quantitative estimate of drug-likeness (QED) is 0.919. The van der Waals surface area contributed by atoms with Gasteiger partial charge in [0.1, 0.15) is 10.4 Å². The number of nitrogens with one attached hydrogen (secondary N) is 1. The van der Waals surface area contributed by atoms with Crippen molar-refractivity contribution in [3.63, 3.8) is 0 Å². The number of halogens is 2. The van der Waals surface area contributed by atoms with Gasteiger partial charge < -0.3 is 5.32 Å². The van der Waals surface area contributed by atoms with E-state index in [0.29, 0.717) is 0 Å². The van der Waals surface area contributed by atoms with Crippen LogP contribution in [0.25, 0.3) is 0 Å². The van der Waals surface area contributed by atoms with Crippen molar-refractivity contribution in [3.8, 4) is 0 Å². The molecule has 0 fully saturated rings. The molecule has 15 heavy (non-hydrogen) atoms. The first-order valence-corrected chi connectivity index (χ1v) is 6.65. The first-order chi connectivity index (χ1) is 7.25. The average molecular weight is 349 g/mol. The highest BCUT2D eigenvalue weighted by molar-refractivity contribution is 9.10. The lowest BCUT2D eigenvalue weighted by atomic mass is 10.4. The summed E-state index contributed by atoms with van der Waals surface area (Å²) in [6.45, 7) is 0.758. The number of hydrogen-bond donors (Lipinski definition) is 1. The molecule has 1 N–H and O–H groups in total. The number of aromatic nitrogens is 2. The molecule has 0 aliphatic heterocycles. The topological polar surface area (TPSA) is 37.8 Å². The van der Waals surface area contributed by atoms with Crippen molar-refractivity contribution in [2.45, 2.75) is 6.54 Å². The summed E-state index contributed by atoms with van der Waals surface area (Å²) in [5, 5.41) is 5.25. The van der Waals surface area contributed by atoms with Gasteiger partial charge in [-0.2, -0.15) is 0 Å². The number of thiophene rings is 1. The predicted molar refractivity (Wildman–Crippen MR) is 69.1 cm³/mol. The van der Waals surface area contributed by atoms with Crippen LogP contribution in [0.5, 0.6) is 0 Å². The van der Waals surface area contributed by atoms with Crippen molar-refractivity contribution in [3.05, 3.63) is 37.8 Å². The van der Waals surface area contributed by atoms with Gasteiger partial charge in [-0.15, -0.1) is 11.3 Å². The van der Waals surface area contributed by atoms with Crippen LogP contribution in [0.2, 0.25) is 0 Å². The zero-order chi connectivity index (χ0) is 10.7. The van der Waals surface area contributed by atoms with Crippen molar-refractivity contribution in [1.29, 1.82) is 0 Å². The van der Waals surface area contributed by atoms with Crippen molar-refractivity contribution in [2.75, 3.05) is 5.32 Å². The van der Waals surface area contributed by atoms with E-state index in [1.807, 2.05) is 11.4 Å². The van der Waals surface area contributed by atoms with Gasteiger partial charge >= 0.3 is 0 Å². The third-order valence-electron chi connectivity index (χ3n) is 1.74. The van der Waals surface area contributed by atoms with E-state index in [9.17, 15) is 0 Å². The van der Waals surface area contributed by atoms with Gasteiger partial charge in [-0.3, -0.25) is 0 Å². The Balaban J connectivity index is 1.99. The van der Waals surface area contributed by atoms with E-state index in [4.69, 9.17) is 0 Å². The maximum absolute atomic E-state index is 4.18. The Labute approximate surface area is 108 Å². The number of anilines is 1. The summed E-state index contributed by atoms with van der Waals surface area (Å²) in [5.41, 5.74) is 0. The van der Waals surface area contributed by atoms with Crippen LogP contribution in [0, 0.1) is 0 Å². The minimum atomic E-state index is 0.741. The molecule has 0 bridgehead atoms. The average Bonchev–Trinajstić information content (AvgIpc) is 2.63. The van der Waals surface area contributed by atoms with Crippen LogP contribution in [-0.2, 0) is 6.54 Å². The molecule has 3 nitrogen and oxygen atoms in total. The van der Waals surface area contributed by atoms with Crippen LogP contribution < -0.4 is 5.32 Å². The summed E-state index contributed by atoms with van der Waals surface area (Å²) in [4.78, 5) is 9.51. The van der Waals surface area contributed by atoms with Crippen LogP contribution in [-0.4, -0.2) is 9.97 Å². The summed E-state index contributed by atoms with van der Waals surface area (Å²) < 4.78 is 1.87. The van der Waals surface area contributed by atoms with E-state index in [1.54, 1.807) is 23.7 Å². The molecule has 6 heteroatoms. The Morgan fingerprint density at radius 3 is 2.73 bits per heavy atom. The summed E-state index contributed by atoms with van der Waals surface area (Å²) >= 11 is 8.42. The molecule has 0 radical (unpaired) electrons. The maximum Gasteiger partial charge on any atom is 0.144 e. The maximum atomic E-state index is 4.18. The first-order valence-electron chi connectivity index (χ1n) is 4.19. The molecular formula is C9H7Br2N3S. The molecule has 0 aromatic carbocycles. The third kappa shape index (κ3) is 2.99. The highest BCUT2D eigenvalue weighted by Crippen LogP contribution is 2.23. The van der Waals surface area contributed by atoms with E-state index in [0.717, 1.165) is 21.4 Å². The fraction of sp³-hybridized carbons (Fsp3) is 0.111. The van der Waals surface area contributed by atoms with Gasteiger partial charge in [0, 0.05) is 9.35 Å². The molecule has 0 saturated heterocycles. The smallest absolute Gasteiger partial charge is 0.144 e. The molecule has 0 spiro atoms. The highest BCUT2D eigenvalue weighted by atomic mass is 79.9. The van der Waals surface area contributed by atoms with Gasteiger partial charge in [0.25, 0.3) is 0 Å². The normalized spacial score (nSPS) is 10.3. The monoisotopic (exact) mass is 347 g/mol. The number of rotatable bonds is 3. The number of hydrogen-bond acceptors (Lipinski definition) is 4. The second-order valence-corrected chi connectivity index (χ2v) is 5.44.